The molecule has 0 unspecified atom stereocenters. The Morgan fingerprint density at radius 1 is 0.875 bits per heavy atom. The third-order valence-electron chi connectivity index (χ3n) is 2.85. The Morgan fingerprint density at radius 3 is 2.00 bits per heavy atom. The van der Waals surface area contributed by atoms with Crippen LogP contribution < -0.4 is 0 Å². The van der Waals surface area contributed by atoms with Crippen LogP contribution in [-0.4, -0.2) is 0 Å². The zero-order chi connectivity index (χ0) is 11.7. The molecule has 82 valence electrons. The Labute approximate surface area is 103 Å². The predicted octanol–water partition coefficient (Wildman–Crippen LogP) is 4.57. The largest absolute Gasteiger partial charge is 0.143 e. The molecular formula is C15H16S. The Balaban J connectivity index is 2.70. The van der Waals surface area contributed by atoms with Crippen molar-refractivity contribution < 1.29 is 0 Å². The first kappa shape index (κ1) is 11.3. The van der Waals surface area contributed by atoms with Crippen LogP contribution in [0.1, 0.15) is 16.7 Å². The highest BCUT2D eigenvalue weighted by atomic mass is 32.1. The molecule has 0 aliphatic rings. The van der Waals surface area contributed by atoms with Crippen molar-refractivity contribution in [1.29, 1.82) is 0 Å². The van der Waals surface area contributed by atoms with Gasteiger partial charge in [0.2, 0.25) is 0 Å². The Kier molecular flexibility index (Phi) is 3.06. The number of rotatable bonds is 1. The van der Waals surface area contributed by atoms with Crippen molar-refractivity contribution in [3.05, 3.63) is 53.1 Å². The average Bonchev–Trinajstić information content (AvgIpc) is 2.19. The highest BCUT2D eigenvalue weighted by molar-refractivity contribution is 7.80. The fraction of sp³-hybridized carbons (Fsp3) is 0.200. The molecule has 0 nitrogen and oxygen atoms in total. The molecule has 2 aromatic rings. The lowest BCUT2D eigenvalue weighted by molar-refractivity contribution is 1.30. The van der Waals surface area contributed by atoms with E-state index in [9.17, 15) is 0 Å². The van der Waals surface area contributed by atoms with E-state index in [-0.39, 0.29) is 0 Å². The normalized spacial score (nSPS) is 10.5. The number of aryl methyl sites for hydroxylation is 3. The number of thiol groups is 1. The third-order valence-corrected chi connectivity index (χ3v) is 3.24. The van der Waals surface area contributed by atoms with Gasteiger partial charge in [0.25, 0.3) is 0 Å². The summed E-state index contributed by atoms with van der Waals surface area (Å²) in [6.07, 6.45) is 0. The molecule has 0 atom stereocenters. The molecule has 0 fully saturated rings. The number of hydrogen-bond acceptors (Lipinski definition) is 1. The van der Waals surface area contributed by atoms with Crippen molar-refractivity contribution in [3.63, 3.8) is 0 Å². The van der Waals surface area contributed by atoms with Crippen molar-refractivity contribution in [2.45, 2.75) is 25.7 Å². The van der Waals surface area contributed by atoms with E-state index in [0.717, 1.165) is 4.90 Å². The van der Waals surface area contributed by atoms with Gasteiger partial charge in [-0.15, -0.1) is 12.6 Å². The summed E-state index contributed by atoms with van der Waals surface area (Å²) in [6.45, 7) is 6.46. The maximum absolute atomic E-state index is 4.53. The van der Waals surface area contributed by atoms with Gasteiger partial charge in [-0.3, -0.25) is 0 Å². The molecule has 0 N–H and O–H groups in total. The van der Waals surface area contributed by atoms with E-state index < -0.39 is 0 Å². The lowest BCUT2D eigenvalue weighted by Gasteiger charge is -2.13. The molecule has 1 heteroatoms. The average molecular weight is 228 g/mol. The molecule has 0 radical (unpaired) electrons. The Morgan fingerprint density at radius 2 is 1.44 bits per heavy atom. The second kappa shape index (κ2) is 4.34. The van der Waals surface area contributed by atoms with Gasteiger partial charge in [0, 0.05) is 4.90 Å². The minimum absolute atomic E-state index is 1.04. The summed E-state index contributed by atoms with van der Waals surface area (Å²) in [7, 11) is 0. The molecule has 0 aliphatic carbocycles. The van der Waals surface area contributed by atoms with Gasteiger partial charge in [0.15, 0.2) is 0 Å². The zero-order valence-electron chi connectivity index (χ0n) is 9.91. The topological polar surface area (TPSA) is 0 Å². The van der Waals surface area contributed by atoms with Crippen LogP contribution in [0.5, 0.6) is 0 Å². The second-order valence-corrected chi connectivity index (χ2v) is 4.77. The zero-order valence-corrected chi connectivity index (χ0v) is 10.8. The molecule has 0 amide bonds. The molecule has 2 rings (SSSR count). The lowest BCUT2D eigenvalue weighted by atomic mass is 9.94. The van der Waals surface area contributed by atoms with Crippen LogP contribution >= 0.6 is 12.6 Å². The molecule has 0 saturated carbocycles. The molecule has 0 spiro atoms. The van der Waals surface area contributed by atoms with Crippen molar-refractivity contribution in [2.75, 3.05) is 0 Å². The van der Waals surface area contributed by atoms with Gasteiger partial charge in [0.05, 0.1) is 0 Å². The number of benzene rings is 2. The molecular weight excluding hydrogens is 212 g/mol. The van der Waals surface area contributed by atoms with E-state index in [1.165, 1.54) is 27.8 Å². The van der Waals surface area contributed by atoms with Crippen LogP contribution in [0.4, 0.5) is 0 Å². The minimum Gasteiger partial charge on any atom is -0.143 e. The summed E-state index contributed by atoms with van der Waals surface area (Å²) >= 11 is 4.53. The van der Waals surface area contributed by atoms with Crippen LogP contribution in [0, 0.1) is 20.8 Å². The molecule has 0 aliphatic heterocycles. The van der Waals surface area contributed by atoms with E-state index >= 15 is 0 Å². The van der Waals surface area contributed by atoms with Gasteiger partial charge in [-0.2, -0.15) is 0 Å². The second-order valence-electron chi connectivity index (χ2n) is 4.29. The van der Waals surface area contributed by atoms with Gasteiger partial charge in [-0.25, -0.2) is 0 Å². The van der Waals surface area contributed by atoms with Crippen molar-refractivity contribution in [3.8, 4) is 11.1 Å². The van der Waals surface area contributed by atoms with Crippen molar-refractivity contribution in [2.24, 2.45) is 0 Å². The van der Waals surface area contributed by atoms with E-state index in [1.54, 1.807) is 0 Å². The van der Waals surface area contributed by atoms with Gasteiger partial charge in [0.1, 0.15) is 0 Å². The first-order valence-electron chi connectivity index (χ1n) is 5.46. The molecule has 0 bridgehead atoms. The van der Waals surface area contributed by atoms with E-state index in [2.05, 4.69) is 57.7 Å². The van der Waals surface area contributed by atoms with Gasteiger partial charge < -0.3 is 0 Å². The number of hydrogen-bond donors (Lipinski definition) is 1. The van der Waals surface area contributed by atoms with E-state index in [4.69, 9.17) is 0 Å². The van der Waals surface area contributed by atoms with Crippen LogP contribution in [0.3, 0.4) is 0 Å². The monoisotopic (exact) mass is 228 g/mol. The van der Waals surface area contributed by atoms with Gasteiger partial charge >= 0.3 is 0 Å². The lowest BCUT2D eigenvalue weighted by Crippen LogP contribution is -1.90. The molecule has 0 saturated heterocycles. The predicted molar refractivity (Wildman–Crippen MR) is 73.3 cm³/mol. The van der Waals surface area contributed by atoms with Crippen molar-refractivity contribution in [1.82, 2.24) is 0 Å². The molecule has 2 aromatic carbocycles. The SMILES string of the molecule is Cc1cc(C)c(-c2ccccc2S)c(C)c1. The molecule has 0 aromatic heterocycles. The highest BCUT2D eigenvalue weighted by Crippen LogP contribution is 2.32. The van der Waals surface area contributed by atoms with Crippen LogP contribution in [0.2, 0.25) is 0 Å². The van der Waals surface area contributed by atoms with Gasteiger partial charge in [-0.1, -0.05) is 35.9 Å². The van der Waals surface area contributed by atoms with Crippen LogP contribution in [0.15, 0.2) is 41.3 Å². The fourth-order valence-corrected chi connectivity index (χ4v) is 2.56. The van der Waals surface area contributed by atoms with E-state index in [1.807, 2.05) is 12.1 Å². The summed E-state index contributed by atoms with van der Waals surface area (Å²) in [5.41, 5.74) is 6.49. The summed E-state index contributed by atoms with van der Waals surface area (Å²) in [4.78, 5) is 1.04. The summed E-state index contributed by atoms with van der Waals surface area (Å²) in [5.74, 6) is 0. The maximum atomic E-state index is 4.53. The standard InChI is InChI=1S/C15H16S/c1-10-8-11(2)15(12(3)9-10)13-6-4-5-7-14(13)16/h4-9,16H,1-3H3. The molecule has 0 heterocycles. The quantitative estimate of drug-likeness (QED) is 0.679. The summed E-state index contributed by atoms with van der Waals surface area (Å²) in [6, 6.07) is 12.7. The van der Waals surface area contributed by atoms with Crippen LogP contribution in [-0.2, 0) is 0 Å². The highest BCUT2D eigenvalue weighted by Gasteiger charge is 2.08. The minimum atomic E-state index is 1.04. The summed E-state index contributed by atoms with van der Waals surface area (Å²) < 4.78 is 0. The van der Waals surface area contributed by atoms with Gasteiger partial charge in [-0.05, 0) is 49.1 Å². The molecule has 16 heavy (non-hydrogen) atoms. The third kappa shape index (κ3) is 2.00. The first-order chi connectivity index (χ1) is 7.59. The van der Waals surface area contributed by atoms with E-state index in [0.29, 0.717) is 0 Å². The summed E-state index contributed by atoms with van der Waals surface area (Å²) in [5, 5.41) is 0. The smallest absolute Gasteiger partial charge is 0.0119 e. The maximum Gasteiger partial charge on any atom is 0.0119 e. The van der Waals surface area contributed by atoms with Crippen LogP contribution in [0.25, 0.3) is 11.1 Å². The Bertz CT molecular complexity index is 504. The first-order valence-corrected chi connectivity index (χ1v) is 5.90. The fourth-order valence-electron chi connectivity index (χ4n) is 2.29. The Hall–Kier alpha value is -1.21. The van der Waals surface area contributed by atoms with Crippen molar-refractivity contribution >= 4 is 12.6 Å².